The van der Waals surface area contributed by atoms with Crippen LogP contribution in [-0.2, 0) is 27.7 Å². The summed E-state index contributed by atoms with van der Waals surface area (Å²) in [6, 6.07) is 24.7. The molecule has 5 aromatic rings. The van der Waals surface area contributed by atoms with Gasteiger partial charge in [-0.15, -0.1) is 0 Å². The maximum atomic E-state index is 12.8. The van der Waals surface area contributed by atoms with Gasteiger partial charge in [0.05, 0.1) is 22.5 Å². The number of para-hydroxylation sites is 1. The van der Waals surface area contributed by atoms with Gasteiger partial charge in [0, 0.05) is 32.0 Å². The molecule has 3 N–H and O–H groups in total. The minimum atomic E-state index is -3.59. The molecule has 3 aromatic carbocycles. The zero-order chi connectivity index (χ0) is 26.5. The van der Waals surface area contributed by atoms with E-state index in [1.54, 1.807) is 19.2 Å². The number of sulfonamides is 1. The van der Waals surface area contributed by atoms with Crippen molar-refractivity contribution in [3.63, 3.8) is 0 Å². The first-order valence-electron chi connectivity index (χ1n) is 12.7. The fraction of sp³-hybridized carbons (Fsp3) is 0.241. The van der Waals surface area contributed by atoms with Gasteiger partial charge in [-0.05, 0) is 42.2 Å². The summed E-state index contributed by atoms with van der Waals surface area (Å²) in [5.41, 5.74) is 10.8. The molecule has 0 saturated heterocycles. The van der Waals surface area contributed by atoms with Gasteiger partial charge in [-0.1, -0.05) is 60.7 Å². The number of imidazole rings is 1. The first kappa shape index (κ1) is 25.8. The molecule has 196 valence electrons. The Hall–Kier alpha value is -3.79. The molecule has 2 heterocycles. The second-order valence-corrected chi connectivity index (χ2v) is 10.9. The van der Waals surface area contributed by atoms with Crippen LogP contribution in [0, 0.1) is 0 Å². The van der Waals surface area contributed by atoms with Crippen LogP contribution in [0.5, 0.6) is 0 Å². The molecule has 0 atom stereocenters. The molecule has 0 spiro atoms. The number of aromatic nitrogens is 3. The third-order valence-corrected chi connectivity index (χ3v) is 8.07. The molecule has 5 rings (SSSR count). The predicted octanol–water partition coefficient (Wildman–Crippen LogP) is 4.78. The van der Waals surface area contributed by atoms with E-state index in [0.29, 0.717) is 43.9 Å². The van der Waals surface area contributed by atoms with Crippen molar-refractivity contribution in [2.24, 2.45) is 0 Å². The van der Waals surface area contributed by atoms with Crippen LogP contribution in [0.2, 0.25) is 0 Å². The number of pyridine rings is 1. The van der Waals surface area contributed by atoms with Crippen molar-refractivity contribution < 1.29 is 13.2 Å². The number of rotatable bonds is 11. The summed E-state index contributed by atoms with van der Waals surface area (Å²) in [4.78, 5) is 9.57. The van der Waals surface area contributed by atoms with E-state index in [1.807, 2.05) is 66.7 Å². The number of aryl methyl sites for hydroxylation is 1. The Labute approximate surface area is 222 Å². The van der Waals surface area contributed by atoms with Gasteiger partial charge in [0.25, 0.3) is 0 Å². The van der Waals surface area contributed by atoms with E-state index in [2.05, 4.69) is 14.3 Å². The molecule has 0 amide bonds. The van der Waals surface area contributed by atoms with Crippen molar-refractivity contribution in [2.45, 2.75) is 30.7 Å². The minimum Gasteiger partial charge on any atom is -0.384 e. The Morgan fingerprint density at radius 3 is 2.37 bits per heavy atom. The van der Waals surface area contributed by atoms with Crippen LogP contribution in [0.1, 0.15) is 18.7 Å². The van der Waals surface area contributed by atoms with Crippen molar-refractivity contribution in [2.75, 3.05) is 26.0 Å². The average Bonchev–Trinajstić information content (AvgIpc) is 3.31. The number of ether oxygens (including phenoxy) is 1. The van der Waals surface area contributed by atoms with Crippen molar-refractivity contribution in [3.8, 4) is 11.1 Å². The van der Waals surface area contributed by atoms with E-state index in [-0.39, 0.29) is 4.90 Å². The fourth-order valence-corrected chi connectivity index (χ4v) is 5.75. The summed E-state index contributed by atoms with van der Waals surface area (Å²) in [5.74, 6) is 1.29. The number of nitrogens with one attached hydrogen (secondary N) is 1. The summed E-state index contributed by atoms with van der Waals surface area (Å²) in [7, 11) is -1.93. The zero-order valence-electron chi connectivity index (χ0n) is 21.3. The summed E-state index contributed by atoms with van der Waals surface area (Å²) in [6.45, 7) is 1.56. The largest absolute Gasteiger partial charge is 0.384 e. The third kappa shape index (κ3) is 5.40. The molecule has 38 heavy (non-hydrogen) atoms. The van der Waals surface area contributed by atoms with E-state index >= 15 is 0 Å². The van der Waals surface area contributed by atoms with Gasteiger partial charge >= 0.3 is 0 Å². The van der Waals surface area contributed by atoms with Gasteiger partial charge in [0.15, 0.2) is 5.82 Å². The molecular weight excluding hydrogens is 498 g/mol. The number of unbranched alkanes of at least 4 members (excludes halogenated alkanes) is 1. The first-order valence-corrected chi connectivity index (χ1v) is 14.1. The van der Waals surface area contributed by atoms with Crippen molar-refractivity contribution in [1.82, 2.24) is 19.3 Å². The first-order chi connectivity index (χ1) is 18.5. The van der Waals surface area contributed by atoms with E-state index < -0.39 is 10.0 Å². The predicted molar refractivity (Wildman–Crippen MR) is 151 cm³/mol. The molecule has 8 nitrogen and oxygen atoms in total. The maximum Gasteiger partial charge on any atom is 0.240 e. The van der Waals surface area contributed by atoms with Gasteiger partial charge in [-0.25, -0.2) is 23.1 Å². The van der Waals surface area contributed by atoms with Gasteiger partial charge in [0.2, 0.25) is 10.0 Å². The molecule has 0 aliphatic rings. The number of methoxy groups -OCH3 is 1. The average molecular weight is 530 g/mol. The standard InChI is InChI=1S/C29H31N5O3S/c1-37-20-17-26-33-27-28(24-11-5-6-12-25(24)32-29(27)30)34(26)19-8-7-18-31-38(35,36)23-15-13-22(14-16-23)21-9-3-2-4-10-21/h2-6,9-16,31H,7-8,17-20H2,1H3,(H2,30,32). The lowest BCUT2D eigenvalue weighted by atomic mass is 10.1. The molecule has 2 aromatic heterocycles. The lowest BCUT2D eigenvalue weighted by molar-refractivity contribution is 0.199. The van der Waals surface area contributed by atoms with Crippen LogP contribution in [0.4, 0.5) is 5.82 Å². The number of benzene rings is 3. The zero-order valence-corrected chi connectivity index (χ0v) is 22.1. The van der Waals surface area contributed by atoms with Crippen LogP contribution in [0.15, 0.2) is 83.8 Å². The molecule has 0 aliphatic heterocycles. The number of nitrogens with two attached hydrogens (primary N) is 1. The van der Waals surface area contributed by atoms with Crippen LogP contribution >= 0.6 is 0 Å². The second kappa shape index (κ2) is 11.3. The molecule has 9 heteroatoms. The Kier molecular flexibility index (Phi) is 7.69. The summed E-state index contributed by atoms with van der Waals surface area (Å²) in [6.07, 6.45) is 2.07. The minimum absolute atomic E-state index is 0.258. The van der Waals surface area contributed by atoms with Crippen LogP contribution in [-0.4, -0.2) is 43.2 Å². The topological polar surface area (TPSA) is 112 Å². The van der Waals surface area contributed by atoms with Crippen LogP contribution < -0.4 is 10.5 Å². The lowest BCUT2D eigenvalue weighted by Crippen LogP contribution is -2.25. The van der Waals surface area contributed by atoms with Crippen LogP contribution in [0.3, 0.4) is 0 Å². The Morgan fingerprint density at radius 2 is 1.61 bits per heavy atom. The fourth-order valence-electron chi connectivity index (χ4n) is 4.67. The van der Waals surface area contributed by atoms with Gasteiger partial charge < -0.3 is 15.0 Å². The summed E-state index contributed by atoms with van der Waals surface area (Å²) >= 11 is 0. The number of nitrogen functional groups attached to an aromatic ring is 1. The molecule has 0 fully saturated rings. The number of hydrogen-bond donors (Lipinski definition) is 2. The number of hydrogen-bond acceptors (Lipinski definition) is 6. The summed E-state index contributed by atoms with van der Waals surface area (Å²) < 4.78 is 35.9. The highest BCUT2D eigenvalue weighted by Crippen LogP contribution is 2.29. The number of nitrogens with zero attached hydrogens (tertiary/aromatic N) is 3. The monoisotopic (exact) mass is 529 g/mol. The van der Waals surface area contributed by atoms with E-state index in [0.717, 1.165) is 39.8 Å². The van der Waals surface area contributed by atoms with E-state index in [4.69, 9.17) is 15.5 Å². The van der Waals surface area contributed by atoms with Gasteiger partial charge in [-0.2, -0.15) is 0 Å². The van der Waals surface area contributed by atoms with Crippen molar-refractivity contribution in [3.05, 3.63) is 84.7 Å². The number of fused-ring (bicyclic) bond motifs is 3. The van der Waals surface area contributed by atoms with Crippen molar-refractivity contribution >= 4 is 37.8 Å². The molecular formula is C29H31N5O3S. The summed E-state index contributed by atoms with van der Waals surface area (Å²) in [5, 5.41) is 0.993. The van der Waals surface area contributed by atoms with E-state index in [9.17, 15) is 8.42 Å². The van der Waals surface area contributed by atoms with E-state index in [1.165, 1.54) is 0 Å². The molecule has 0 radical (unpaired) electrons. The molecule has 0 unspecified atom stereocenters. The van der Waals surface area contributed by atoms with Crippen molar-refractivity contribution in [1.29, 1.82) is 0 Å². The maximum absolute atomic E-state index is 12.8. The Morgan fingerprint density at radius 1 is 0.895 bits per heavy atom. The highest BCUT2D eigenvalue weighted by atomic mass is 32.2. The lowest BCUT2D eigenvalue weighted by Gasteiger charge is -2.12. The smallest absolute Gasteiger partial charge is 0.240 e. The Bertz CT molecular complexity index is 1650. The van der Waals surface area contributed by atoms with Gasteiger partial charge in [0.1, 0.15) is 11.3 Å². The third-order valence-electron chi connectivity index (χ3n) is 6.59. The quantitative estimate of drug-likeness (QED) is 0.238. The molecule has 0 aliphatic carbocycles. The SMILES string of the molecule is COCCc1nc2c(N)nc3ccccc3c2n1CCCCNS(=O)(=O)c1ccc(-c2ccccc2)cc1. The highest BCUT2D eigenvalue weighted by molar-refractivity contribution is 7.89. The molecule has 0 saturated carbocycles. The number of anilines is 1. The van der Waals surface area contributed by atoms with Crippen LogP contribution in [0.25, 0.3) is 33.1 Å². The van der Waals surface area contributed by atoms with Gasteiger partial charge in [-0.3, -0.25) is 0 Å². The Balaban J connectivity index is 1.27. The highest BCUT2D eigenvalue weighted by Gasteiger charge is 2.17. The molecule has 0 bridgehead atoms. The normalized spacial score (nSPS) is 11.9. The second-order valence-electron chi connectivity index (χ2n) is 9.13.